The van der Waals surface area contributed by atoms with Crippen molar-refractivity contribution in [3.05, 3.63) is 23.0 Å². The maximum absolute atomic E-state index is 11.8. The van der Waals surface area contributed by atoms with E-state index in [1.165, 1.54) is 25.9 Å². The second-order valence-electron chi connectivity index (χ2n) is 9.19. The number of aromatic nitrogens is 4. The van der Waals surface area contributed by atoms with Crippen molar-refractivity contribution in [2.45, 2.75) is 51.6 Å². The van der Waals surface area contributed by atoms with E-state index in [-0.39, 0.29) is 0 Å². The Bertz CT molecular complexity index is 1080. The van der Waals surface area contributed by atoms with E-state index in [0.29, 0.717) is 11.6 Å². The van der Waals surface area contributed by atoms with Gasteiger partial charge in [0.25, 0.3) is 5.91 Å². The van der Waals surface area contributed by atoms with Gasteiger partial charge >= 0.3 is 12.1 Å². The number of nitrogens with one attached hydrogen (secondary N) is 1. The summed E-state index contributed by atoms with van der Waals surface area (Å²) in [6.45, 7) is 6.71. The number of hydrogen-bond donors (Lipinski definition) is 3. The van der Waals surface area contributed by atoms with Crippen molar-refractivity contribution in [2.24, 2.45) is 18.7 Å². The number of carbonyl (C=O) groups is 2. The number of amides is 1. The lowest BCUT2D eigenvalue weighted by molar-refractivity contribution is -0.192. The summed E-state index contributed by atoms with van der Waals surface area (Å²) in [5.41, 5.74) is 9.65. The Kier molecular flexibility index (Phi) is 8.88. The quantitative estimate of drug-likeness (QED) is 0.503. The van der Waals surface area contributed by atoms with E-state index in [2.05, 4.69) is 27.2 Å². The zero-order valence-electron chi connectivity index (χ0n) is 20.4. The van der Waals surface area contributed by atoms with Gasteiger partial charge in [-0.15, -0.1) is 0 Å². The van der Waals surface area contributed by atoms with Crippen LogP contribution in [0.2, 0.25) is 0 Å². The first-order valence-corrected chi connectivity index (χ1v) is 12.0. The number of anilines is 1. The fourth-order valence-corrected chi connectivity index (χ4v) is 4.42. The van der Waals surface area contributed by atoms with Crippen molar-refractivity contribution in [1.29, 1.82) is 0 Å². The highest BCUT2D eigenvalue weighted by molar-refractivity contribution is 5.94. The van der Waals surface area contributed by atoms with Crippen LogP contribution in [0.25, 0.3) is 11.4 Å². The zero-order valence-corrected chi connectivity index (χ0v) is 20.4. The predicted molar refractivity (Wildman–Crippen MR) is 126 cm³/mol. The number of carboxylic acid groups (broad SMARTS) is 1. The molecule has 1 fully saturated rings. The van der Waals surface area contributed by atoms with Crippen molar-refractivity contribution in [3.8, 4) is 11.4 Å². The number of likely N-dealkylation sites (tertiary alicyclic amines) is 1. The molecule has 1 saturated heterocycles. The molecule has 3 heterocycles. The number of nitrogens with two attached hydrogens (primary N) is 1. The number of carbonyl (C=O) groups excluding carboxylic acids is 1. The summed E-state index contributed by atoms with van der Waals surface area (Å²) < 4.78 is 33.5. The monoisotopic (exact) mass is 511 g/mol. The average Bonchev–Trinajstić information content (AvgIpc) is 3.02. The normalized spacial score (nSPS) is 16.2. The van der Waals surface area contributed by atoms with Gasteiger partial charge in [-0.3, -0.25) is 9.48 Å². The van der Waals surface area contributed by atoms with Crippen molar-refractivity contribution in [1.82, 2.24) is 24.6 Å². The predicted octanol–water partition coefficient (Wildman–Crippen LogP) is 2.63. The number of aliphatic carboxylic acids is 1. The lowest BCUT2D eigenvalue weighted by Crippen LogP contribution is -2.34. The van der Waals surface area contributed by atoms with Gasteiger partial charge in [0.2, 0.25) is 5.95 Å². The fourth-order valence-electron chi connectivity index (χ4n) is 4.42. The Labute approximate surface area is 207 Å². The third-order valence-corrected chi connectivity index (χ3v) is 6.39. The Morgan fingerprint density at radius 3 is 2.53 bits per heavy atom. The number of rotatable bonds is 6. The highest BCUT2D eigenvalue weighted by atomic mass is 19.4. The summed E-state index contributed by atoms with van der Waals surface area (Å²) >= 11 is 0. The molecular weight excluding hydrogens is 479 g/mol. The minimum absolute atomic E-state index is 0.360. The van der Waals surface area contributed by atoms with Gasteiger partial charge in [-0.1, -0.05) is 6.92 Å². The van der Waals surface area contributed by atoms with Crippen molar-refractivity contribution in [2.75, 3.05) is 31.5 Å². The molecule has 10 nitrogen and oxygen atoms in total. The van der Waals surface area contributed by atoms with Gasteiger partial charge in [0, 0.05) is 25.4 Å². The molecule has 0 spiro atoms. The number of nitrogens with zero attached hydrogens (tertiary/aromatic N) is 5. The Morgan fingerprint density at radius 2 is 1.92 bits per heavy atom. The van der Waals surface area contributed by atoms with E-state index in [9.17, 15) is 18.0 Å². The number of hydrogen-bond acceptors (Lipinski definition) is 7. The van der Waals surface area contributed by atoms with Crippen LogP contribution in [0.3, 0.4) is 0 Å². The van der Waals surface area contributed by atoms with E-state index in [1.807, 2.05) is 13.2 Å². The summed E-state index contributed by atoms with van der Waals surface area (Å²) in [7, 11) is 1.84. The molecule has 2 aliphatic rings. The van der Waals surface area contributed by atoms with Crippen LogP contribution in [0, 0.1) is 5.92 Å². The number of primary amides is 1. The minimum atomic E-state index is -5.08. The molecule has 0 saturated carbocycles. The van der Waals surface area contributed by atoms with Crippen molar-refractivity contribution in [3.63, 3.8) is 0 Å². The molecule has 2 aromatic rings. The lowest BCUT2D eigenvalue weighted by atomic mass is 9.99. The number of alkyl halides is 3. The molecular formula is C23H32F3N7O3. The maximum Gasteiger partial charge on any atom is 0.490 e. The molecule has 1 aliphatic heterocycles. The fraction of sp³-hybridized carbons (Fsp3) is 0.609. The number of fused-ring (bicyclic) bond motifs is 3. The van der Waals surface area contributed by atoms with E-state index in [0.717, 1.165) is 67.2 Å². The topological polar surface area (TPSA) is 139 Å². The van der Waals surface area contributed by atoms with Crippen LogP contribution < -0.4 is 11.1 Å². The number of piperidine rings is 1. The second-order valence-corrected chi connectivity index (χ2v) is 9.19. The Balaban J connectivity index is 0.000000454. The van der Waals surface area contributed by atoms with Crippen LogP contribution in [0.5, 0.6) is 0 Å². The second kappa shape index (κ2) is 11.7. The third-order valence-electron chi connectivity index (χ3n) is 6.39. The van der Waals surface area contributed by atoms with Gasteiger partial charge in [0.1, 0.15) is 0 Å². The first-order chi connectivity index (χ1) is 17.0. The average molecular weight is 512 g/mol. The van der Waals surface area contributed by atoms with Crippen LogP contribution >= 0.6 is 0 Å². The smallest absolute Gasteiger partial charge is 0.475 e. The van der Waals surface area contributed by atoms with Crippen LogP contribution in [0.1, 0.15) is 54.2 Å². The number of aryl methyl sites for hydroxylation is 2. The SMILES string of the molecule is CC1CCN(CCCNc2ncc3c(n2)-c2c(c(C(N)=O)nn2C)CCC3)CC1.O=C(O)C(F)(F)F. The molecule has 13 heteroatoms. The minimum Gasteiger partial charge on any atom is -0.475 e. The highest BCUT2D eigenvalue weighted by Gasteiger charge is 2.38. The summed E-state index contributed by atoms with van der Waals surface area (Å²) in [4.78, 5) is 32.6. The van der Waals surface area contributed by atoms with E-state index in [4.69, 9.17) is 20.6 Å². The molecule has 0 aromatic carbocycles. The first kappa shape index (κ1) is 27.4. The molecule has 4 rings (SSSR count). The number of halogens is 3. The van der Waals surface area contributed by atoms with Crippen molar-refractivity contribution >= 4 is 17.8 Å². The van der Waals surface area contributed by atoms with E-state index in [1.54, 1.807) is 4.68 Å². The molecule has 4 N–H and O–H groups in total. The van der Waals surface area contributed by atoms with Gasteiger partial charge in [-0.25, -0.2) is 14.8 Å². The molecule has 1 amide bonds. The third kappa shape index (κ3) is 6.93. The summed E-state index contributed by atoms with van der Waals surface area (Å²) in [5.74, 6) is -1.74. The molecule has 0 bridgehead atoms. The van der Waals surface area contributed by atoms with Crippen LogP contribution in [-0.4, -0.2) is 74.0 Å². The van der Waals surface area contributed by atoms with Gasteiger partial charge in [0.05, 0.1) is 11.4 Å². The molecule has 0 radical (unpaired) electrons. The molecule has 0 unspecified atom stereocenters. The first-order valence-electron chi connectivity index (χ1n) is 12.0. The Hall–Kier alpha value is -3.22. The molecule has 1 aliphatic carbocycles. The zero-order chi connectivity index (χ0) is 26.5. The molecule has 0 atom stereocenters. The van der Waals surface area contributed by atoms with Gasteiger partial charge in [-0.2, -0.15) is 18.3 Å². The molecule has 198 valence electrons. The molecule has 36 heavy (non-hydrogen) atoms. The van der Waals surface area contributed by atoms with Gasteiger partial charge < -0.3 is 21.1 Å². The largest absolute Gasteiger partial charge is 0.490 e. The van der Waals surface area contributed by atoms with Gasteiger partial charge in [-0.05, 0) is 69.6 Å². The number of carboxylic acids is 1. The van der Waals surface area contributed by atoms with E-state index < -0.39 is 18.1 Å². The summed E-state index contributed by atoms with van der Waals surface area (Å²) in [6, 6.07) is 0. The summed E-state index contributed by atoms with van der Waals surface area (Å²) in [6.07, 6.45) is 3.09. The summed E-state index contributed by atoms with van der Waals surface area (Å²) in [5, 5.41) is 14.8. The van der Waals surface area contributed by atoms with Crippen LogP contribution in [0.4, 0.5) is 19.1 Å². The van der Waals surface area contributed by atoms with Gasteiger partial charge in [0.15, 0.2) is 5.69 Å². The van der Waals surface area contributed by atoms with Crippen LogP contribution in [0.15, 0.2) is 6.20 Å². The molecule has 2 aromatic heterocycles. The lowest BCUT2D eigenvalue weighted by Gasteiger charge is -2.30. The van der Waals surface area contributed by atoms with E-state index >= 15 is 0 Å². The maximum atomic E-state index is 11.8. The Morgan fingerprint density at radius 1 is 1.25 bits per heavy atom. The van der Waals surface area contributed by atoms with Crippen molar-refractivity contribution < 1.29 is 27.9 Å². The standard InChI is InChI=1S/C21H31N7O.C2HF3O2/c1-14-7-11-28(12-8-14)10-4-9-23-21-24-13-15-5-3-6-16-18(20(22)29)26-27(2)19(16)17(15)25-21;3-2(4,5)1(6)7/h13-14H,3-12H2,1-2H3,(H2,22,29)(H,23,24,25);(H,6,7). The van der Waals surface area contributed by atoms with Crippen LogP contribution in [-0.2, 0) is 24.7 Å². The highest BCUT2D eigenvalue weighted by Crippen LogP contribution is 2.32.